The number of nitro benzene ring substituents is 1. The van der Waals surface area contributed by atoms with Crippen LogP contribution in [-0.4, -0.2) is 24.5 Å². The Bertz CT molecular complexity index is 846. The molecule has 1 N–H and O–H groups in total. The van der Waals surface area contributed by atoms with Crippen LogP contribution < -0.4 is 14.8 Å². The number of nitro groups is 1. The van der Waals surface area contributed by atoms with Gasteiger partial charge in [-0.2, -0.15) is 0 Å². The number of amides is 1. The summed E-state index contributed by atoms with van der Waals surface area (Å²) in [6.07, 6.45) is 2.97. The van der Waals surface area contributed by atoms with Crippen LogP contribution in [0.5, 0.6) is 11.5 Å². The number of nitrogens with zero attached hydrogens (tertiary/aromatic N) is 1. The Morgan fingerprint density at radius 2 is 2.00 bits per heavy atom. The summed E-state index contributed by atoms with van der Waals surface area (Å²) in [7, 11) is 1.54. The zero-order chi connectivity index (χ0) is 19.1. The van der Waals surface area contributed by atoms with Gasteiger partial charge in [0, 0.05) is 23.4 Å². The number of anilines is 1. The molecule has 0 radical (unpaired) electrons. The van der Waals surface area contributed by atoms with Gasteiger partial charge in [0.25, 0.3) is 5.69 Å². The number of hydrogen-bond donors (Lipinski definition) is 1. The molecule has 1 amide bonds. The third kappa shape index (κ3) is 4.83. The average Bonchev–Trinajstić information content (AvgIpc) is 2.62. The lowest BCUT2D eigenvalue weighted by molar-refractivity contribution is -0.385. The molecule has 0 bridgehead atoms. The monoisotopic (exact) mass is 356 g/mol. The summed E-state index contributed by atoms with van der Waals surface area (Å²) in [6.45, 7) is 4.05. The molecule has 0 aliphatic rings. The Balaban J connectivity index is 2.10. The molecular formula is C19H20N2O5. The molecule has 0 fully saturated rings. The molecule has 0 aromatic heterocycles. The summed E-state index contributed by atoms with van der Waals surface area (Å²) in [5, 5.41) is 13.6. The van der Waals surface area contributed by atoms with Crippen molar-refractivity contribution in [2.45, 2.75) is 13.8 Å². The summed E-state index contributed by atoms with van der Waals surface area (Å²) in [4.78, 5) is 22.5. The first kappa shape index (κ1) is 19.0. The van der Waals surface area contributed by atoms with E-state index >= 15 is 0 Å². The highest BCUT2D eigenvalue weighted by molar-refractivity contribution is 6.02. The van der Waals surface area contributed by atoms with Crippen molar-refractivity contribution in [2.24, 2.45) is 0 Å². The molecule has 0 aliphatic heterocycles. The molecule has 7 nitrogen and oxygen atoms in total. The Labute approximate surface area is 151 Å². The van der Waals surface area contributed by atoms with Crippen LogP contribution in [0.3, 0.4) is 0 Å². The maximum absolute atomic E-state index is 12.1. The summed E-state index contributed by atoms with van der Waals surface area (Å²) < 4.78 is 10.7. The van der Waals surface area contributed by atoms with E-state index in [1.54, 1.807) is 50.4 Å². The van der Waals surface area contributed by atoms with Gasteiger partial charge in [0.1, 0.15) is 0 Å². The second-order valence-corrected chi connectivity index (χ2v) is 5.42. The number of ether oxygens (including phenoxy) is 2. The first-order chi connectivity index (χ1) is 12.4. The van der Waals surface area contributed by atoms with Crippen LogP contribution in [-0.2, 0) is 4.79 Å². The summed E-state index contributed by atoms with van der Waals surface area (Å²) >= 11 is 0. The van der Waals surface area contributed by atoms with Crippen LogP contribution >= 0.6 is 0 Å². The molecule has 0 saturated heterocycles. The van der Waals surface area contributed by atoms with Crippen molar-refractivity contribution >= 4 is 23.4 Å². The van der Waals surface area contributed by atoms with E-state index in [2.05, 4.69) is 5.32 Å². The lowest BCUT2D eigenvalue weighted by atomic mass is 10.1. The van der Waals surface area contributed by atoms with Crippen LogP contribution in [0.4, 0.5) is 11.4 Å². The van der Waals surface area contributed by atoms with Gasteiger partial charge < -0.3 is 14.8 Å². The third-order valence-electron chi connectivity index (χ3n) is 3.59. The van der Waals surface area contributed by atoms with E-state index in [4.69, 9.17) is 9.47 Å². The van der Waals surface area contributed by atoms with Gasteiger partial charge in [-0.15, -0.1) is 0 Å². The molecule has 0 spiro atoms. The minimum atomic E-state index is -0.479. The van der Waals surface area contributed by atoms with Gasteiger partial charge in [-0.3, -0.25) is 14.9 Å². The fraction of sp³-hybridized carbons (Fsp3) is 0.211. The van der Waals surface area contributed by atoms with E-state index in [-0.39, 0.29) is 5.69 Å². The van der Waals surface area contributed by atoms with Gasteiger partial charge in [-0.05, 0) is 43.7 Å². The Hall–Kier alpha value is -3.35. The maximum Gasteiger partial charge on any atom is 0.274 e. The van der Waals surface area contributed by atoms with Crippen LogP contribution in [0.15, 0.2) is 42.5 Å². The molecule has 136 valence electrons. The van der Waals surface area contributed by atoms with Crippen LogP contribution in [0.1, 0.15) is 18.1 Å². The molecule has 2 aromatic rings. The summed E-state index contributed by atoms with van der Waals surface area (Å²) in [6, 6.07) is 9.87. The highest BCUT2D eigenvalue weighted by atomic mass is 16.6. The van der Waals surface area contributed by atoms with Crippen molar-refractivity contribution < 1.29 is 19.2 Å². The number of nitrogens with one attached hydrogen (secondary N) is 1. The first-order valence-electron chi connectivity index (χ1n) is 7.99. The molecule has 2 aromatic carbocycles. The normalized spacial score (nSPS) is 10.6. The van der Waals surface area contributed by atoms with Crippen LogP contribution in [0.25, 0.3) is 6.08 Å². The predicted molar refractivity (Wildman–Crippen MR) is 99.7 cm³/mol. The second kappa shape index (κ2) is 8.66. The van der Waals surface area contributed by atoms with Crippen LogP contribution in [0.2, 0.25) is 0 Å². The molecule has 7 heteroatoms. The molecule has 0 saturated carbocycles. The molecule has 0 atom stereocenters. The van der Waals surface area contributed by atoms with E-state index in [0.29, 0.717) is 29.4 Å². The predicted octanol–water partition coefficient (Wildman–Crippen LogP) is 3.96. The number of rotatable bonds is 7. The minimum Gasteiger partial charge on any atom is -0.493 e. The number of aryl methyl sites for hydroxylation is 1. The third-order valence-corrected chi connectivity index (χ3v) is 3.59. The van der Waals surface area contributed by atoms with Crippen molar-refractivity contribution in [1.82, 2.24) is 0 Å². The number of hydrogen-bond acceptors (Lipinski definition) is 5. The van der Waals surface area contributed by atoms with Gasteiger partial charge in [0.15, 0.2) is 11.5 Å². The molecular weight excluding hydrogens is 336 g/mol. The SMILES string of the molecule is CCOc1ccc(C=CC(=O)Nc2ccc(C)c([N+](=O)[O-])c2)cc1OC. The van der Waals surface area contributed by atoms with Gasteiger partial charge in [0.2, 0.25) is 5.91 Å². The van der Waals surface area contributed by atoms with E-state index in [9.17, 15) is 14.9 Å². The second-order valence-electron chi connectivity index (χ2n) is 5.42. The van der Waals surface area contributed by atoms with Crippen molar-refractivity contribution in [3.8, 4) is 11.5 Å². The minimum absolute atomic E-state index is 0.0389. The Kier molecular flexibility index (Phi) is 6.32. The largest absolute Gasteiger partial charge is 0.493 e. The lowest BCUT2D eigenvalue weighted by Gasteiger charge is -2.09. The van der Waals surface area contributed by atoms with E-state index < -0.39 is 10.8 Å². The standard InChI is InChI=1S/C19H20N2O5/c1-4-26-17-9-6-14(11-18(17)25-3)7-10-19(22)20-15-8-5-13(2)16(12-15)21(23)24/h5-12H,4H2,1-3H3,(H,20,22). The summed E-state index contributed by atoms with van der Waals surface area (Å²) in [5.74, 6) is 0.808. The number of benzene rings is 2. The quantitative estimate of drug-likeness (QED) is 0.461. The number of carbonyl (C=O) groups excluding carboxylic acids is 1. The zero-order valence-corrected chi connectivity index (χ0v) is 14.8. The molecule has 0 aliphatic carbocycles. The highest BCUT2D eigenvalue weighted by Crippen LogP contribution is 2.28. The number of methoxy groups -OCH3 is 1. The Morgan fingerprint density at radius 1 is 1.23 bits per heavy atom. The van der Waals surface area contributed by atoms with Gasteiger partial charge in [-0.1, -0.05) is 12.1 Å². The summed E-state index contributed by atoms with van der Waals surface area (Å²) in [5.41, 5.74) is 1.62. The van der Waals surface area contributed by atoms with Crippen molar-refractivity contribution in [2.75, 3.05) is 19.0 Å². The maximum atomic E-state index is 12.1. The van der Waals surface area contributed by atoms with Gasteiger partial charge >= 0.3 is 0 Å². The molecule has 0 heterocycles. The smallest absolute Gasteiger partial charge is 0.274 e. The van der Waals surface area contributed by atoms with E-state index in [1.807, 2.05) is 6.92 Å². The average molecular weight is 356 g/mol. The van der Waals surface area contributed by atoms with Gasteiger partial charge in [-0.25, -0.2) is 0 Å². The van der Waals surface area contributed by atoms with E-state index in [0.717, 1.165) is 5.56 Å². The van der Waals surface area contributed by atoms with Crippen molar-refractivity contribution in [3.05, 3.63) is 63.7 Å². The molecule has 2 rings (SSSR count). The Morgan fingerprint density at radius 3 is 2.65 bits per heavy atom. The molecule has 0 unspecified atom stereocenters. The van der Waals surface area contributed by atoms with Crippen molar-refractivity contribution in [1.29, 1.82) is 0 Å². The number of carbonyl (C=O) groups is 1. The fourth-order valence-electron chi connectivity index (χ4n) is 2.30. The fourth-order valence-corrected chi connectivity index (χ4v) is 2.30. The zero-order valence-electron chi connectivity index (χ0n) is 14.8. The lowest BCUT2D eigenvalue weighted by Crippen LogP contribution is -2.08. The first-order valence-corrected chi connectivity index (χ1v) is 7.99. The van der Waals surface area contributed by atoms with E-state index in [1.165, 1.54) is 12.1 Å². The van der Waals surface area contributed by atoms with Crippen LogP contribution in [0, 0.1) is 17.0 Å². The molecule has 26 heavy (non-hydrogen) atoms. The van der Waals surface area contributed by atoms with Gasteiger partial charge in [0.05, 0.1) is 18.6 Å². The highest BCUT2D eigenvalue weighted by Gasteiger charge is 2.11. The topological polar surface area (TPSA) is 90.7 Å². The van der Waals surface area contributed by atoms with Crippen molar-refractivity contribution in [3.63, 3.8) is 0 Å².